The number of carboxylic acids is 2. The van der Waals surface area contributed by atoms with Gasteiger partial charge < -0.3 is 86.4 Å². The normalized spacial score (nSPS) is 23.0. The number of amides is 5. The third-order valence-electron chi connectivity index (χ3n) is 14.2. The van der Waals surface area contributed by atoms with Crippen LogP contribution in [0.3, 0.4) is 0 Å². The first-order valence-electron chi connectivity index (χ1n) is 28.4. The third kappa shape index (κ3) is 19.0. The van der Waals surface area contributed by atoms with E-state index in [1.807, 2.05) is 36.4 Å². The highest BCUT2D eigenvalue weighted by atomic mass is 32.2. The van der Waals surface area contributed by atoms with Crippen LogP contribution >= 0.6 is 23.5 Å². The number of nitrogens with one attached hydrogen (secondary N) is 5. The minimum atomic E-state index is -2.51. The van der Waals surface area contributed by atoms with E-state index in [0.717, 1.165) is 17.2 Å². The topological polar surface area (TPSA) is 440 Å². The maximum atomic E-state index is 12.9. The van der Waals surface area contributed by atoms with Crippen LogP contribution in [0.25, 0.3) is 22.5 Å². The van der Waals surface area contributed by atoms with E-state index in [-0.39, 0.29) is 45.2 Å². The Morgan fingerprint density at radius 2 is 1.04 bits per heavy atom. The van der Waals surface area contributed by atoms with Crippen molar-refractivity contribution in [2.75, 3.05) is 55.9 Å². The van der Waals surface area contributed by atoms with Crippen molar-refractivity contribution in [3.8, 4) is 22.5 Å². The maximum absolute atomic E-state index is 12.9. The zero-order valence-corrected chi connectivity index (χ0v) is 50.1. The Morgan fingerprint density at radius 3 is 1.49 bits per heavy atom. The van der Waals surface area contributed by atoms with Gasteiger partial charge in [0.15, 0.2) is 0 Å². The summed E-state index contributed by atoms with van der Waals surface area (Å²) in [7, 11) is 0. The van der Waals surface area contributed by atoms with Gasteiger partial charge in [0.25, 0.3) is 23.4 Å². The average Bonchev–Trinajstić information content (AvgIpc) is 3.89. The minimum Gasteiger partial charge on any atom is -0.477 e. The van der Waals surface area contributed by atoms with Crippen LogP contribution in [0.1, 0.15) is 60.2 Å². The second-order valence-electron chi connectivity index (χ2n) is 20.9. The second kappa shape index (κ2) is 32.8. The van der Waals surface area contributed by atoms with Gasteiger partial charge in [-0.2, -0.15) is 28.2 Å². The highest BCUT2D eigenvalue weighted by molar-refractivity contribution is 7.99. The first-order valence-corrected chi connectivity index (χ1v) is 30.7. The van der Waals surface area contributed by atoms with E-state index in [4.69, 9.17) is 18.9 Å². The Morgan fingerprint density at radius 1 is 0.607 bits per heavy atom. The molecule has 0 aliphatic carbocycles. The summed E-state index contributed by atoms with van der Waals surface area (Å²) in [4.78, 5) is 88.2. The lowest BCUT2D eigenvalue weighted by atomic mass is 9.88. The third-order valence-corrected chi connectivity index (χ3v) is 16.4. The van der Waals surface area contributed by atoms with E-state index in [9.17, 15) is 74.4 Å². The number of carbonyl (C=O) groups excluding carboxylic acids is 5. The fraction of sp³-hybridized carbons (Fsp3) is 0.491. The Hall–Kier alpha value is -7.47. The first-order chi connectivity index (χ1) is 42.6. The molecular weight excluding hydrogens is 1210 g/mol. The molecular formula is C57H73N11O19S2. The second-order valence-corrected chi connectivity index (χ2v) is 23.4. The minimum absolute atomic E-state index is 0.156. The zero-order valence-electron chi connectivity index (χ0n) is 48.5. The van der Waals surface area contributed by atoms with Crippen molar-refractivity contribution in [3.05, 3.63) is 108 Å². The average molecular weight is 1280 g/mol. The largest absolute Gasteiger partial charge is 0.477 e. The molecule has 2 fully saturated rings. The van der Waals surface area contributed by atoms with Crippen molar-refractivity contribution >= 4 is 65.1 Å². The van der Waals surface area contributed by atoms with Crippen molar-refractivity contribution in [2.45, 2.75) is 119 Å². The van der Waals surface area contributed by atoms with E-state index in [2.05, 4.69) is 47.2 Å². The lowest BCUT2D eigenvalue weighted by Crippen LogP contribution is -2.68. The van der Waals surface area contributed by atoms with Gasteiger partial charge in [-0.25, -0.2) is 19.1 Å². The molecule has 89 heavy (non-hydrogen) atoms. The summed E-state index contributed by atoms with van der Waals surface area (Å²) < 4.78 is 25.3. The van der Waals surface area contributed by atoms with Gasteiger partial charge in [0, 0.05) is 80.1 Å². The molecule has 5 amide bonds. The van der Waals surface area contributed by atoms with Gasteiger partial charge in [0.05, 0.1) is 62.5 Å². The van der Waals surface area contributed by atoms with E-state index < -0.39 is 128 Å². The lowest BCUT2D eigenvalue weighted by molar-refractivity contribution is -0.310. The number of carboxylic acid groups (broad SMARTS) is 2. The summed E-state index contributed by atoms with van der Waals surface area (Å²) in [6, 6.07) is 20.5. The van der Waals surface area contributed by atoms with E-state index in [1.165, 1.54) is 65.6 Å². The van der Waals surface area contributed by atoms with Gasteiger partial charge in [0.1, 0.15) is 41.9 Å². The molecule has 2 aromatic heterocycles. The van der Waals surface area contributed by atoms with Crippen LogP contribution in [-0.4, -0.2) is 241 Å². The van der Waals surface area contributed by atoms with Crippen LogP contribution < -0.4 is 26.6 Å². The molecule has 3 aromatic carbocycles. The standard InChI is InChI=1S/C57H73N11O19S2/c1-33(69)61-45-41(71)27-56(53(79)80,86-49(45)47(75)43(73)29-60-55(83)68-31-40(64-66-68)36-13-7-4-8-14-36)84-21-9-23-88-25-19-58-51(77)37-15-17-38(18-16-37)52(78)59-20-26-89-24-10-22-85-57(54(81)82)28-42(72)46(62-34(2)70)50(87-57)48(76)44(74)32-67-30-39(63-65-67)35-11-5-3-6-12-35/h3-8,11-18,30-31,41-50,71-76H,9-10,19-29,32H2,1-2H3,(H,58,77)(H,59,78)(H,60,83)(H,61,69)(H,62,70)(H,79,80)(H,81,82)/t41-,42+,43+,44+,45+,46+,47+,48+,49+,50+,56+,57+/m0/s1. The molecule has 0 bridgehead atoms. The van der Waals surface area contributed by atoms with Crippen LogP contribution in [0, 0.1) is 0 Å². The predicted molar refractivity (Wildman–Crippen MR) is 318 cm³/mol. The predicted octanol–water partition coefficient (Wildman–Crippen LogP) is -0.784. The SMILES string of the molecule is CC(=O)N[C@H]1[C@H]([C@H](O)[C@H](O)Cn2cc(-c3ccccc3)nn2)O[C@@](OCCCSCCNC(=O)c2ccc(C(=O)NCCSCCCO[C@]3(C(=O)O)C[C@H](O)[C@@H](NC(C)=O)[C@H]([C@H](O)[C@H](O)CNC(=O)n4cc(-c5ccccc5)nn4)O3)cc2)(C(=O)O)C[C@H]1O. The number of benzene rings is 3. The molecule has 0 spiro atoms. The van der Waals surface area contributed by atoms with Crippen molar-refractivity contribution in [1.29, 1.82) is 0 Å². The first kappa shape index (κ1) is 69.0. The van der Waals surface area contributed by atoms with Gasteiger partial charge in [-0.15, -0.1) is 10.2 Å². The van der Waals surface area contributed by atoms with Gasteiger partial charge >= 0.3 is 18.0 Å². The number of carbonyl (C=O) groups is 7. The summed E-state index contributed by atoms with van der Waals surface area (Å²) in [5.74, 6) is -8.40. The molecule has 2 aliphatic heterocycles. The maximum Gasteiger partial charge on any atom is 0.364 e. The van der Waals surface area contributed by atoms with Crippen molar-refractivity contribution in [1.82, 2.24) is 56.6 Å². The highest BCUT2D eigenvalue weighted by Crippen LogP contribution is 2.36. The number of aliphatic carboxylic acids is 2. The molecule has 4 heterocycles. The number of hydrogen-bond donors (Lipinski definition) is 13. The number of aromatic nitrogens is 6. The highest BCUT2D eigenvalue weighted by Gasteiger charge is 2.57. The van der Waals surface area contributed by atoms with E-state index in [1.54, 1.807) is 30.5 Å². The Kier molecular flexibility index (Phi) is 25.5. The molecule has 482 valence electrons. The number of rotatable bonds is 32. The monoisotopic (exact) mass is 1280 g/mol. The molecule has 13 N–H and O–H groups in total. The number of nitrogens with zero attached hydrogens (tertiary/aromatic N) is 6. The lowest BCUT2D eigenvalue weighted by Gasteiger charge is -2.46. The number of hydrogen-bond acceptors (Lipinski definition) is 23. The smallest absolute Gasteiger partial charge is 0.364 e. The van der Waals surface area contributed by atoms with Crippen molar-refractivity contribution < 1.29 is 93.4 Å². The van der Waals surface area contributed by atoms with Crippen LogP contribution in [0.2, 0.25) is 0 Å². The molecule has 2 aliphatic rings. The fourth-order valence-corrected chi connectivity index (χ4v) is 11.3. The molecule has 0 saturated carbocycles. The molecule has 5 aromatic rings. The quantitative estimate of drug-likeness (QED) is 0.0235. The van der Waals surface area contributed by atoms with Gasteiger partial charge in [-0.05, 0) is 48.6 Å². The molecule has 7 rings (SSSR count). The van der Waals surface area contributed by atoms with Crippen LogP contribution in [-0.2, 0) is 44.7 Å². The molecule has 2 saturated heterocycles. The summed E-state index contributed by atoms with van der Waals surface area (Å²) >= 11 is 2.85. The van der Waals surface area contributed by atoms with Crippen molar-refractivity contribution in [3.63, 3.8) is 0 Å². The summed E-state index contributed by atoms with van der Waals surface area (Å²) in [5, 5.41) is 116. The van der Waals surface area contributed by atoms with Crippen LogP contribution in [0.5, 0.6) is 0 Å². The summed E-state index contributed by atoms with van der Waals surface area (Å²) in [6.45, 7) is 1.58. The van der Waals surface area contributed by atoms with Crippen LogP contribution in [0.4, 0.5) is 4.79 Å². The van der Waals surface area contributed by atoms with Gasteiger partial charge in [-0.1, -0.05) is 71.1 Å². The molecule has 12 atom stereocenters. The number of thioether (sulfide) groups is 2. The zero-order chi connectivity index (χ0) is 64.3. The Bertz CT molecular complexity index is 3150. The Labute approximate surface area is 518 Å². The van der Waals surface area contributed by atoms with Crippen LogP contribution in [0.15, 0.2) is 97.3 Å². The van der Waals surface area contributed by atoms with E-state index in [0.29, 0.717) is 57.5 Å². The van der Waals surface area contributed by atoms with Crippen molar-refractivity contribution in [2.24, 2.45) is 0 Å². The molecule has 0 unspecified atom stereocenters. The summed E-state index contributed by atoms with van der Waals surface area (Å²) in [6.07, 6.45) is -11.6. The van der Waals surface area contributed by atoms with Gasteiger partial charge in [0.2, 0.25) is 11.8 Å². The molecule has 0 radical (unpaired) electrons. The number of aliphatic hydroxyl groups is 6. The fourth-order valence-electron chi connectivity index (χ4n) is 9.72. The van der Waals surface area contributed by atoms with E-state index >= 15 is 0 Å². The number of aliphatic hydroxyl groups excluding tert-OH is 6. The Balaban J connectivity index is 0.775. The molecule has 32 heteroatoms. The summed E-state index contributed by atoms with van der Waals surface area (Å²) in [5.41, 5.74) is 2.94. The van der Waals surface area contributed by atoms with Gasteiger partial charge in [-0.3, -0.25) is 19.2 Å². The number of ether oxygens (including phenoxy) is 4. The molecule has 30 nitrogen and oxygen atoms in total.